The summed E-state index contributed by atoms with van der Waals surface area (Å²) in [7, 11) is 0. The highest BCUT2D eigenvalue weighted by Crippen LogP contribution is 2.31. The lowest BCUT2D eigenvalue weighted by Crippen LogP contribution is -2.09. The molecule has 0 fully saturated rings. The minimum Gasteiger partial charge on any atom is -0.358 e. The summed E-state index contributed by atoms with van der Waals surface area (Å²) in [5.41, 5.74) is 0.727. The first-order valence-electron chi connectivity index (χ1n) is 5.03. The summed E-state index contributed by atoms with van der Waals surface area (Å²) < 4.78 is 0. The number of nitrogens with one attached hydrogen (secondary N) is 1. The fourth-order valence-electron chi connectivity index (χ4n) is 1.43. The van der Waals surface area contributed by atoms with Gasteiger partial charge >= 0.3 is 5.69 Å². The number of rotatable bonds is 4. The van der Waals surface area contributed by atoms with Crippen molar-refractivity contribution in [2.45, 2.75) is 13.0 Å². The number of halogens is 1. The van der Waals surface area contributed by atoms with Crippen LogP contribution in [0, 0.1) is 10.1 Å². The van der Waals surface area contributed by atoms with Crippen LogP contribution in [0.15, 0.2) is 23.2 Å². The van der Waals surface area contributed by atoms with E-state index >= 15 is 0 Å². The molecule has 1 unspecified atom stereocenters. The van der Waals surface area contributed by atoms with E-state index in [0.29, 0.717) is 0 Å². The van der Waals surface area contributed by atoms with Crippen LogP contribution in [0.5, 0.6) is 0 Å². The zero-order chi connectivity index (χ0) is 13.1. The zero-order valence-corrected chi connectivity index (χ0v) is 10.9. The van der Waals surface area contributed by atoms with Crippen molar-refractivity contribution in [2.75, 3.05) is 5.32 Å². The van der Waals surface area contributed by atoms with Crippen molar-refractivity contribution < 1.29 is 4.92 Å². The molecule has 0 amide bonds. The number of nitrogens with zero attached hydrogens (tertiary/aromatic N) is 3. The highest BCUT2D eigenvalue weighted by Gasteiger charge is 2.22. The van der Waals surface area contributed by atoms with Crippen LogP contribution in [0.4, 0.5) is 11.5 Å². The van der Waals surface area contributed by atoms with Gasteiger partial charge in [-0.2, -0.15) is 11.3 Å². The molecule has 94 valence electrons. The standard InChI is InChI=1S/C10H9ClN4O2S/c1-6(7-2-3-18-4-7)14-10-8(15(16)17)9(11)12-5-13-10/h2-6H,1H3,(H,12,13,14). The molecule has 0 saturated carbocycles. The van der Waals surface area contributed by atoms with Crippen molar-refractivity contribution in [2.24, 2.45) is 0 Å². The summed E-state index contributed by atoms with van der Waals surface area (Å²) in [6, 6.07) is 1.85. The predicted octanol–water partition coefficient (Wildman–Crippen LogP) is 3.27. The normalized spacial score (nSPS) is 12.1. The van der Waals surface area contributed by atoms with Gasteiger partial charge in [0, 0.05) is 0 Å². The molecule has 18 heavy (non-hydrogen) atoms. The fourth-order valence-corrected chi connectivity index (χ4v) is 2.39. The third-order valence-corrected chi connectivity index (χ3v) is 3.33. The number of hydrogen-bond donors (Lipinski definition) is 1. The molecule has 1 atom stereocenters. The maximum atomic E-state index is 10.9. The van der Waals surface area contributed by atoms with Crippen LogP contribution in [0.3, 0.4) is 0 Å². The van der Waals surface area contributed by atoms with Crippen LogP contribution in [-0.2, 0) is 0 Å². The van der Waals surface area contributed by atoms with Crippen LogP contribution < -0.4 is 5.32 Å². The van der Waals surface area contributed by atoms with Gasteiger partial charge in [-0.3, -0.25) is 10.1 Å². The van der Waals surface area contributed by atoms with E-state index in [1.807, 2.05) is 23.8 Å². The summed E-state index contributed by atoms with van der Waals surface area (Å²) in [6.45, 7) is 1.89. The van der Waals surface area contributed by atoms with Gasteiger partial charge in [0.25, 0.3) is 0 Å². The first-order valence-corrected chi connectivity index (χ1v) is 6.35. The summed E-state index contributed by atoms with van der Waals surface area (Å²) in [4.78, 5) is 17.8. The van der Waals surface area contributed by atoms with Crippen LogP contribution in [0.1, 0.15) is 18.5 Å². The summed E-state index contributed by atoms with van der Waals surface area (Å²) in [5.74, 6) is 0.124. The Kier molecular flexibility index (Phi) is 3.73. The van der Waals surface area contributed by atoms with E-state index in [0.717, 1.165) is 5.56 Å². The summed E-state index contributed by atoms with van der Waals surface area (Å²) in [5, 5.41) is 17.6. The molecule has 1 N–H and O–H groups in total. The Hall–Kier alpha value is -1.73. The molecular weight excluding hydrogens is 276 g/mol. The molecule has 2 aromatic rings. The van der Waals surface area contributed by atoms with Crippen LogP contribution >= 0.6 is 22.9 Å². The predicted molar refractivity (Wildman–Crippen MR) is 70.1 cm³/mol. The molecule has 0 saturated heterocycles. The van der Waals surface area contributed by atoms with E-state index in [9.17, 15) is 10.1 Å². The third-order valence-electron chi connectivity index (χ3n) is 2.36. The zero-order valence-electron chi connectivity index (χ0n) is 9.33. The number of hydrogen-bond acceptors (Lipinski definition) is 6. The Morgan fingerprint density at radius 3 is 2.94 bits per heavy atom. The fraction of sp³-hybridized carbons (Fsp3) is 0.200. The van der Waals surface area contributed by atoms with Gasteiger partial charge in [-0.25, -0.2) is 9.97 Å². The molecule has 0 aliphatic rings. The smallest absolute Gasteiger partial charge is 0.348 e. The molecule has 8 heteroatoms. The second-order valence-corrected chi connectivity index (χ2v) is 4.68. The monoisotopic (exact) mass is 284 g/mol. The first kappa shape index (κ1) is 12.7. The number of aromatic nitrogens is 2. The quantitative estimate of drug-likeness (QED) is 0.529. The number of anilines is 1. The van der Waals surface area contributed by atoms with E-state index in [-0.39, 0.29) is 22.7 Å². The van der Waals surface area contributed by atoms with Gasteiger partial charge in [-0.1, -0.05) is 11.6 Å². The lowest BCUT2D eigenvalue weighted by molar-refractivity contribution is -0.384. The van der Waals surface area contributed by atoms with Crippen molar-refractivity contribution in [1.82, 2.24) is 9.97 Å². The van der Waals surface area contributed by atoms with E-state index in [2.05, 4.69) is 15.3 Å². The highest BCUT2D eigenvalue weighted by atomic mass is 35.5. The Bertz CT molecular complexity index is 561. The average molecular weight is 285 g/mol. The lowest BCUT2D eigenvalue weighted by Gasteiger charge is -2.13. The van der Waals surface area contributed by atoms with Crippen LogP contribution in [-0.4, -0.2) is 14.9 Å². The second kappa shape index (κ2) is 5.28. The van der Waals surface area contributed by atoms with Crippen molar-refractivity contribution >= 4 is 34.4 Å². The minimum atomic E-state index is -0.592. The Morgan fingerprint density at radius 2 is 2.33 bits per heavy atom. The maximum Gasteiger partial charge on any atom is 0.348 e. The summed E-state index contributed by atoms with van der Waals surface area (Å²) >= 11 is 7.26. The topological polar surface area (TPSA) is 81.0 Å². The van der Waals surface area contributed by atoms with E-state index in [4.69, 9.17) is 11.6 Å². The van der Waals surface area contributed by atoms with E-state index in [1.54, 1.807) is 11.3 Å². The average Bonchev–Trinajstić information content (AvgIpc) is 2.81. The largest absolute Gasteiger partial charge is 0.358 e. The Labute approximate surface area is 112 Å². The van der Waals surface area contributed by atoms with Gasteiger partial charge in [-0.05, 0) is 29.3 Å². The van der Waals surface area contributed by atoms with E-state index in [1.165, 1.54) is 6.33 Å². The molecule has 2 rings (SSSR count). The molecule has 0 bridgehead atoms. The van der Waals surface area contributed by atoms with Gasteiger partial charge in [0.15, 0.2) is 0 Å². The second-order valence-electron chi connectivity index (χ2n) is 3.54. The number of nitro groups is 1. The molecule has 6 nitrogen and oxygen atoms in total. The van der Waals surface area contributed by atoms with Crippen molar-refractivity contribution in [3.05, 3.63) is 44.0 Å². The molecule has 0 aromatic carbocycles. The van der Waals surface area contributed by atoms with Gasteiger partial charge in [0.2, 0.25) is 11.0 Å². The van der Waals surface area contributed by atoms with E-state index < -0.39 is 4.92 Å². The Morgan fingerprint density at radius 1 is 1.56 bits per heavy atom. The molecule has 0 aliphatic heterocycles. The van der Waals surface area contributed by atoms with Gasteiger partial charge in [0.05, 0.1) is 11.0 Å². The molecule has 0 spiro atoms. The Balaban J connectivity index is 2.29. The van der Waals surface area contributed by atoms with Gasteiger partial charge in [0.1, 0.15) is 6.33 Å². The van der Waals surface area contributed by atoms with Crippen LogP contribution in [0.2, 0.25) is 5.15 Å². The van der Waals surface area contributed by atoms with Crippen molar-refractivity contribution in [3.8, 4) is 0 Å². The number of thiophene rings is 1. The first-order chi connectivity index (χ1) is 8.59. The molecule has 0 radical (unpaired) electrons. The van der Waals surface area contributed by atoms with Gasteiger partial charge < -0.3 is 5.32 Å². The molecule has 2 aromatic heterocycles. The third kappa shape index (κ3) is 2.57. The SMILES string of the molecule is CC(Nc1ncnc(Cl)c1[N+](=O)[O-])c1ccsc1. The minimum absolute atomic E-state index is 0.0964. The van der Waals surface area contributed by atoms with Gasteiger partial charge in [-0.15, -0.1) is 0 Å². The maximum absolute atomic E-state index is 10.9. The lowest BCUT2D eigenvalue weighted by atomic mass is 10.2. The highest BCUT2D eigenvalue weighted by molar-refractivity contribution is 7.07. The van der Waals surface area contributed by atoms with Crippen molar-refractivity contribution in [1.29, 1.82) is 0 Å². The van der Waals surface area contributed by atoms with Crippen LogP contribution in [0.25, 0.3) is 0 Å². The molecule has 0 aliphatic carbocycles. The molecule has 2 heterocycles. The van der Waals surface area contributed by atoms with Crippen molar-refractivity contribution in [3.63, 3.8) is 0 Å². The molecular formula is C10H9ClN4O2S. The summed E-state index contributed by atoms with van der Waals surface area (Å²) in [6.07, 6.45) is 1.19.